The molecule has 0 fully saturated rings. The van der Waals surface area contributed by atoms with Gasteiger partial charge in [0.1, 0.15) is 5.82 Å². The molecular weight excluding hydrogens is 333 g/mol. The highest BCUT2D eigenvalue weighted by Crippen LogP contribution is 2.29. The molecule has 1 atom stereocenters. The molecule has 0 saturated heterocycles. The van der Waals surface area contributed by atoms with Gasteiger partial charge in [-0.2, -0.15) is 0 Å². The first kappa shape index (κ1) is 14.3. The largest absolute Gasteiger partial charge is 0.398 e. The fraction of sp³-hybridized carbons (Fsp3) is 0.143. The van der Waals surface area contributed by atoms with Crippen molar-refractivity contribution in [3.8, 4) is 0 Å². The van der Waals surface area contributed by atoms with Crippen LogP contribution in [0.15, 0.2) is 40.9 Å². The molecule has 2 aromatic rings. The smallest absolute Gasteiger partial charge is 0.142 e. The standard InChI is InChI=1S/C14H12BrClFNO/c15-9-4-5-12(18)10(7-9)13(19)6-8-2-1-3-11(17)14(8)16/h1-5,7,13,19H,6,18H2. The summed E-state index contributed by atoms with van der Waals surface area (Å²) < 4.78 is 14.2. The Morgan fingerprint density at radius 1 is 1.32 bits per heavy atom. The SMILES string of the molecule is Nc1ccc(Br)cc1C(O)Cc1cccc(F)c1Cl. The predicted molar refractivity (Wildman–Crippen MR) is 78.6 cm³/mol. The topological polar surface area (TPSA) is 46.2 Å². The van der Waals surface area contributed by atoms with Gasteiger partial charge in [-0.3, -0.25) is 0 Å². The summed E-state index contributed by atoms with van der Waals surface area (Å²) in [5.74, 6) is -0.492. The molecule has 0 heterocycles. The van der Waals surface area contributed by atoms with E-state index in [2.05, 4.69) is 15.9 Å². The lowest BCUT2D eigenvalue weighted by Gasteiger charge is -2.15. The van der Waals surface area contributed by atoms with E-state index in [9.17, 15) is 9.50 Å². The Morgan fingerprint density at radius 3 is 2.79 bits per heavy atom. The molecule has 3 N–H and O–H groups in total. The third-order valence-corrected chi connectivity index (χ3v) is 3.77. The molecule has 0 aliphatic carbocycles. The van der Waals surface area contributed by atoms with E-state index in [1.807, 2.05) is 0 Å². The number of anilines is 1. The molecule has 19 heavy (non-hydrogen) atoms. The van der Waals surface area contributed by atoms with Gasteiger partial charge in [-0.25, -0.2) is 4.39 Å². The maximum absolute atomic E-state index is 13.3. The lowest BCUT2D eigenvalue weighted by Crippen LogP contribution is -2.06. The third kappa shape index (κ3) is 3.26. The Labute approximate surface area is 124 Å². The first-order valence-corrected chi connectivity index (χ1v) is 6.82. The number of aliphatic hydroxyl groups is 1. The Kier molecular flexibility index (Phi) is 4.45. The second-order valence-corrected chi connectivity index (χ2v) is 5.50. The monoisotopic (exact) mass is 343 g/mol. The summed E-state index contributed by atoms with van der Waals surface area (Å²) in [7, 11) is 0. The molecule has 0 saturated carbocycles. The van der Waals surface area contributed by atoms with Crippen molar-refractivity contribution in [3.05, 3.63) is 62.8 Å². The average molecular weight is 345 g/mol. The van der Waals surface area contributed by atoms with Crippen LogP contribution in [0.25, 0.3) is 0 Å². The summed E-state index contributed by atoms with van der Waals surface area (Å²) in [5, 5.41) is 10.2. The van der Waals surface area contributed by atoms with Crippen LogP contribution in [-0.2, 0) is 6.42 Å². The molecule has 2 aromatic carbocycles. The van der Waals surface area contributed by atoms with Gasteiger partial charge in [0.15, 0.2) is 0 Å². The lowest BCUT2D eigenvalue weighted by atomic mass is 10.00. The first-order chi connectivity index (χ1) is 8.99. The highest BCUT2D eigenvalue weighted by Gasteiger charge is 2.15. The number of rotatable bonds is 3. The van der Waals surface area contributed by atoms with E-state index < -0.39 is 11.9 Å². The third-order valence-electron chi connectivity index (χ3n) is 2.85. The zero-order valence-corrected chi connectivity index (χ0v) is 12.2. The fourth-order valence-corrected chi connectivity index (χ4v) is 2.44. The van der Waals surface area contributed by atoms with Crippen LogP contribution in [-0.4, -0.2) is 5.11 Å². The lowest BCUT2D eigenvalue weighted by molar-refractivity contribution is 0.179. The molecule has 0 radical (unpaired) electrons. The number of hydrogen-bond acceptors (Lipinski definition) is 2. The van der Waals surface area contributed by atoms with Crippen molar-refractivity contribution in [3.63, 3.8) is 0 Å². The minimum Gasteiger partial charge on any atom is -0.398 e. The van der Waals surface area contributed by atoms with Crippen molar-refractivity contribution in [1.29, 1.82) is 0 Å². The van der Waals surface area contributed by atoms with E-state index >= 15 is 0 Å². The van der Waals surface area contributed by atoms with Crippen LogP contribution in [0.5, 0.6) is 0 Å². The minimum atomic E-state index is -0.836. The summed E-state index contributed by atoms with van der Waals surface area (Å²) >= 11 is 9.19. The summed E-state index contributed by atoms with van der Waals surface area (Å²) in [6.45, 7) is 0. The quantitative estimate of drug-likeness (QED) is 0.824. The van der Waals surface area contributed by atoms with Crippen molar-refractivity contribution in [2.45, 2.75) is 12.5 Å². The molecule has 5 heteroatoms. The molecule has 0 aromatic heterocycles. The van der Waals surface area contributed by atoms with Gasteiger partial charge in [0, 0.05) is 22.1 Å². The number of nitrogen functional groups attached to an aromatic ring is 1. The van der Waals surface area contributed by atoms with Gasteiger partial charge in [-0.1, -0.05) is 39.7 Å². The highest BCUT2D eigenvalue weighted by molar-refractivity contribution is 9.10. The fourth-order valence-electron chi connectivity index (χ4n) is 1.86. The number of aliphatic hydroxyl groups excluding tert-OH is 1. The Bertz CT molecular complexity index is 606. The Balaban J connectivity index is 2.28. The van der Waals surface area contributed by atoms with E-state index in [0.29, 0.717) is 16.8 Å². The van der Waals surface area contributed by atoms with Crippen LogP contribution in [0.2, 0.25) is 5.02 Å². The molecule has 100 valence electrons. The molecule has 2 rings (SSSR count). The van der Waals surface area contributed by atoms with Crippen LogP contribution < -0.4 is 5.73 Å². The van der Waals surface area contributed by atoms with E-state index in [-0.39, 0.29) is 11.4 Å². The highest BCUT2D eigenvalue weighted by atomic mass is 79.9. The van der Waals surface area contributed by atoms with Crippen molar-refractivity contribution >= 4 is 33.2 Å². The number of halogens is 3. The van der Waals surface area contributed by atoms with Gasteiger partial charge in [0.05, 0.1) is 11.1 Å². The predicted octanol–water partition coefficient (Wildman–Crippen LogP) is 4.10. The van der Waals surface area contributed by atoms with Crippen LogP contribution in [0, 0.1) is 5.82 Å². The van der Waals surface area contributed by atoms with Crippen LogP contribution in [0.3, 0.4) is 0 Å². The van der Waals surface area contributed by atoms with Gasteiger partial charge >= 0.3 is 0 Å². The maximum atomic E-state index is 13.3. The summed E-state index contributed by atoms with van der Waals surface area (Å²) in [4.78, 5) is 0. The Hall–Kier alpha value is -1.10. The molecular formula is C14H12BrClFNO. The minimum absolute atomic E-state index is 0.0371. The second-order valence-electron chi connectivity index (χ2n) is 4.21. The Morgan fingerprint density at radius 2 is 2.05 bits per heavy atom. The average Bonchev–Trinajstić information content (AvgIpc) is 2.38. The van der Waals surface area contributed by atoms with Gasteiger partial charge in [0.2, 0.25) is 0 Å². The van der Waals surface area contributed by atoms with Crippen LogP contribution in [0.4, 0.5) is 10.1 Å². The summed E-state index contributed by atoms with van der Waals surface area (Å²) in [6, 6.07) is 9.77. The van der Waals surface area contributed by atoms with Crippen molar-refractivity contribution in [2.75, 3.05) is 5.73 Å². The summed E-state index contributed by atoms with van der Waals surface area (Å²) in [6.07, 6.45) is -0.631. The van der Waals surface area contributed by atoms with E-state index in [1.165, 1.54) is 6.07 Å². The van der Waals surface area contributed by atoms with Crippen LogP contribution in [0.1, 0.15) is 17.2 Å². The van der Waals surface area contributed by atoms with Gasteiger partial charge in [0.25, 0.3) is 0 Å². The van der Waals surface area contributed by atoms with E-state index in [1.54, 1.807) is 30.3 Å². The molecule has 0 amide bonds. The van der Waals surface area contributed by atoms with Gasteiger partial charge < -0.3 is 10.8 Å². The molecule has 0 aliphatic heterocycles. The molecule has 0 spiro atoms. The molecule has 0 aliphatic rings. The van der Waals surface area contributed by atoms with Crippen molar-refractivity contribution in [2.24, 2.45) is 0 Å². The van der Waals surface area contributed by atoms with Gasteiger partial charge in [-0.05, 0) is 29.8 Å². The molecule has 2 nitrogen and oxygen atoms in total. The number of benzene rings is 2. The zero-order valence-electron chi connectivity index (χ0n) is 9.91. The normalized spacial score (nSPS) is 12.4. The second kappa shape index (κ2) is 5.90. The maximum Gasteiger partial charge on any atom is 0.142 e. The van der Waals surface area contributed by atoms with Crippen LogP contribution >= 0.6 is 27.5 Å². The number of nitrogens with two attached hydrogens (primary N) is 1. The van der Waals surface area contributed by atoms with Crippen molar-refractivity contribution < 1.29 is 9.50 Å². The first-order valence-electron chi connectivity index (χ1n) is 5.65. The van der Waals surface area contributed by atoms with Crippen molar-refractivity contribution in [1.82, 2.24) is 0 Å². The number of hydrogen-bond donors (Lipinski definition) is 2. The zero-order chi connectivity index (χ0) is 14.0. The molecule has 0 bridgehead atoms. The van der Waals surface area contributed by atoms with Gasteiger partial charge in [-0.15, -0.1) is 0 Å². The van der Waals surface area contributed by atoms with E-state index in [4.69, 9.17) is 17.3 Å². The van der Waals surface area contributed by atoms with E-state index in [0.717, 1.165) is 4.47 Å². The molecule has 1 unspecified atom stereocenters. The summed E-state index contributed by atoms with van der Waals surface area (Å²) in [5.41, 5.74) is 7.46.